The Bertz CT molecular complexity index is 590. The average molecular weight is 309 g/mol. The molecular formula is C15H17ClN2O3. The molecule has 1 aromatic heterocycles. The Labute approximate surface area is 128 Å². The van der Waals surface area contributed by atoms with Crippen LogP contribution in [-0.4, -0.2) is 41.5 Å². The summed E-state index contributed by atoms with van der Waals surface area (Å²) < 4.78 is 4.81. The Morgan fingerprint density at radius 3 is 3.00 bits per heavy atom. The lowest BCUT2D eigenvalue weighted by atomic mass is 9.91. The summed E-state index contributed by atoms with van der Waals surface area (Å²) in [5.74, 6) is -0.512. The maximum Gasteiger partial charge on any atom is 0.310 e. The van der Waals surface area contributed by atoms with E-state index in [0.717, 1.165) is 31.2 Å². The molecule has 0 radical (unpaired) electrons. The minimum atomic E-state index is -0.236. The molecular weight excluding hydrogens is 292 g/mol. The SMILES string of the molecule is COC(=O)[C@H]1CC[C@H]2CCc3cc(Cl)ncc3C(=O)N2C1. The fourth-order valence-corrected chi connectivity index (χ4v) is 3.46. The number of carbonyl (C=O) groups excluding carboxylic acids is 2. The van der Waals surface area contributed by atoms with Gasteiger partial charge in [0.25, 0.3) is 5.91 Å². The van der Waals surface area contributed by atoms with E-state index in [1.807, 2.05) is 4.90 Å². The maximum atomic E-state index is 12.7. The van der Waals surface area contributed by atoms with E-state index in [-0.39, 0.29) is 23.8 Å². The average Bonchev–Trinajstić information content (AvgIpc) is 2.63. The molecule has 0 spiro atoms. The number of rotatable bonds is 1. The van der Waals surface area contributed by atoms with Crippen molar-refractivity contribution in [3.05, 3.63) is 28.5 Å². The molecule has 5 nitrogen and oxygen atoms in total. The zero-order valence-corrected chi connectivity index (χ0v) is 12.6. The summed E-state index contributed by atoms with van der Waals surface area (Å²) in [6, 6.07) is 1.95. The van der Waals surface area contributed by atoms with Crippen LogP contribution in [0.15, 0.2) is 12.3 Å². The van der Waals surface area contributed by atoms with E-state index < -0.39 is 0 Å². The van der Waals surface area contributed by atoms with Gasteiger partial charge >= 0.3 is 5.97 Å². The number of methoxy groups -OCH3 is 1. The molecule has 0 bridgehead atoms. The number of aryl methyl sites for hydroxylation is 1. The minimum absolute atomic E-state index is 0.0507. The van der Waals surface area contributed by atoms with E-state index in [4.69, 9.17) is 16.3 Å². The highest BCUT2D eigenvalue weighted by molar-refractivity contribution is 6.29. The Morgan fingerprint density at radius 2 is 2.24 bits per heavy atom. The predicted molar refractivity (Wildman–Crippen MR) is 77.1 cm³/mol. The zero-order chi connectivity index (χ0) is 15.0. The first kappa shape index (κ1) is 14.3. The van der Waals surface area contributed by atoms with Crippen LogP contribution in [0.25, 0.3) is 0 Å². The summed E-state index contributed by atoms with van der Waals surface area (Å²) in [4.78, 5) is 30.3. The topological polar surface area (TPSA) is 59.5 Å². The Balaban J connectivity index is 1.89. The van der Waals surface area contributed by atoms with Crippen molar-refractivity contribution in [2.75, 3.05) is 13.7 Å². The predicted octanol–water partition coefficient (Wildman–Crippen LogP) is 2.07. The fourth-order valence-electron chi connectivity index (χ4n) is 3.28. The summed E-state index contributed by atoms with van der Waals surface area (Å²) in [5.41, 5.74) is 1.55. The number of pyridine rings is 1. The van der Waals surface area contributed by atoms with Crippen molar-refractivity contribution in [2.45, 2.75) is 31.7 Å². The monoisotopic (exact) mass is 308 g/mol. The van der Waals surface area contributed by atoms with Gasteiger partial charge in [0, 0.05) is 18.8 Å². The lowest BCUT2D eigenvalue weighted by Gasteiger charge is -2.37. The molecule has 6 heteroatoms. The van der Waals surface area contributed by atoms with Crippen molar-refractivity contribution in [1.82, 2.24) is 9.88 Å². The van der Waals surface area contributed by atoms with Gasteiger partial charge in [-0.05, 0) is 37.3 Å². The molecule has 21 heavy (non-hydrogen) atoms. The number of amides is 1. The number of hydrogen-bond donors (Lipinski definition) is 0. The minimum Gasteiger partial charge on any atom is -0.469 e. The third-order valence-corrected chi connectivity index (χ3v) is 4.64. The molecule has 3 heterocycles. The second-order valence-corrected chi connectivity index (χ2v) is 6.00. The highest BCUT2D eigenvalue weighted by Gasteiger charge is 2.37. The fraction of sp³-hybridized carbons (Fsp3) is 0.533. The second kappa shape index (κ2) is 5.64. The summed E-state index contributed by atoms with van der Waals surface area (Å²) in [6.45, 7) is 0.429. The van der Waals surface area contributed by atoms with Gasteiger partial charge < -0.3 is 9.64 Å². The molecule has 1 saturated heterocycles. The van der Waals surface area contributed by atoms with Crippen LogP contribution in [0, 0.1) is 5.92 Å². The Hall–Kier alpha value is -1.62. The number of hydrogen-bond acceptors (Lipinski definition) is 4. The van der Waals surface area contributed by atoms with Crippen LogP contribution in [0.5, 0.6) is 0 Å². The van der Waals surface area contributed by atoms with Crippen molar-refractivity contribution >= 4 is 23.5 Å². The zero-order valence-electron chi connectivity index (χ0n) is 11.8. The molecule has 0 aliphatic carbocycles. The normalized spacial score (nSPS) is 24.9. The molecule has 0 aromatic carbocycles. The van der Waals surface area contributed by atoms with Gasteiger partial charge in [-0.25, -0.2) is 4.98 Å². The summed E-state index contributed by atoms with van der Waals surface area (Å²) in [6.07, 6.45) is 4.86. The van der Waals surface area contributed by atoms with Crippen LogP contribution in [0.4, 0.5) is 0 Å². The number of ether oxygens (including phenoxy) is 1. The van der Waals surface area contributed by atoms with Crippen molar-refractivity contribution in [1.29, 1.82) is 0 Å². The van der Waals surface area contributed by atoms with Crippen LogP contribution >= 0.6 is 11.6 Å². The smallest absolute Gasteiger partial charge is 0.310 e. The first-order valence-electron chi connectivity index (χ1n) is 7.13. The number of halogens is 1. The van der Waals surface area contributed by atoms with Crippen molar-refractivity contribution in [2.24, 2.45) is 5.92 Å². The highest BCUT2D eigenvalue weighted by atomic mass is 35.5. The molecule has 2 aliphatic rings. The molecule has 1 fully saturated rings. The Morgan fingerprint density at radius 1 is 1.43 bits per heavy atom. The van der Waals surface area contributed by atoms with Crippen LogP contribution in [0.2, 0.25) is 5.15 Å². The lowest BCUT2D eigenvalue weighted by Crippen LogP contribution is -2.48. The van der Waals surface area contributed by atoms with E-state index >= 15 is 0 Å². The molecule has 0 N–H and O–H groups in total. The molecule has 0 saturated carbocycles. The second-order valence-electron chi connectivity index (χ2n) is 5.61. The van der Waals surface area contributed by atoms with Crippen LogP contribution in [0.3, 0.4) is 0 Å². The molecule has 1 amide bonds. The van der Waals surface area contributed by atoms with Gasteiger partial charge in [-0.1, -0.05) is 11.6 Å². The van der Waals surface area contributed by atoms with Crippen LogP contribution < -0.4 is 0 Å². The van der Waals surface area contributed by atoms with E-state index in [9.17, 15) is 9.59 Å². The standard InChI is InChI=1S/C15H17ClN2O3/c1-21-15(20)10-3-5-11-4-2-9-6-13(16)17-7-12(9)14(19)18(11)8-10/h6-7,10-11H,2-5,8H2,1H3/t10-,11+/m0/s1. The van der Waals surface area contributed by atoms with Crippen molar-refractivity contribution in [3.63, 3.8) is 0 Å². The van der Waals surface area contributed by atoms with Gasteiger partial charge in [0.1, 0.15) is 5.15 Å². The third-order valence-electron chi connectivity index (χ3n) is 4.44. The van der Waals surface area contributed by atoms with Crippen molar-refractivity contribution < 1.29 is 14.3 Å². The van der Waals surface area contributed by atoms with Gasteiger partial charge in [-0.2, -0.15) is 0 Å². The number of esters is 1. The number of carbonyl (C=O) groups is 2. The molecule has 2 atom stereocenters. The van der Waals surface area contributed by atoms with E-state index in [1.165, 1.54) is 7.11 Å². The summed E-state index contributed by atoms with van der Waals surface area (Å²) >= 11 is 5.92. The maximum absolute atomic E-state index is 12.7. The summed E-state index contributed by atoms with van der Waals surface area (Å²) in [5, 5.41) is 0.411. The van der Waals surface area contributed by atoms with Crippen molar-refractivity contribution in [3.8, 4) is 0 Å². The molecule has 112 valence electrons. The molecule has 1 aromatic rings. The first-order chi connectivity index (χ1) is 10.1. The number of nitrogens with zero attached hydrogens (tertiary/aromatic N) is 2. The van der Waals surface area contributed by atoms with Gasteiger partial charge in [0.2, 0.25) is 0 Å². The highest BCUT2D eigenvalue weighted by Crippen LogP contribution is 2.31. The largest absolute Gasteiger partial charge is 0.469 e. The van der Waals surface area contributed by atoms with Gasteiger partial charge in [0.15, 0.2) is 0 Å². The molecule has 2 aliphatic heterocycles. The quantitative estimate of drug-likeness (QED) is 0.589. The lowest BCUT2D eigenvalue weighted by molar-refractivity contribution is -0.147. The summed E-state index contributed by atoms with van der Waals surface area (Å²) in [7, 11) is 1.39. The van der Waals surface area contributed by atoms with Gasteiger partial charge in [-0.3, -0.25) is 9.59 Å². The van der Waals surface area contributed by atoms with E-state index in [2.05, 4.69) is 4.98 Å². The molecule has 0 unspecified atom stereocenters. The van der Waals surface area contributed by atoms with Gasteiger partial charge in [0.05, 0.1) is 18.6 Å². The number of aromatic nitrogens is 1. The number of piperidine rings is 1. The van der Waals surface area contributed by atoms with E-state index in [1.54, 1.807) is 12.3 Å². The van der Waals surface area contributed by atoms with Crippen LogP contribution in [0.1, 0.15) is 35.2 Å². The van der Waals surface area contributed by atoms with E-state index in [0.29, 0.717) is 17.3 Å². The Kier molecular flexibility index (Phi) is 3.85. The van der Waals surface area contributed by atoms with Crippen LogP contribution in [-0.2, 0) is 16.0 Å². The molecule has 3 rings (SSSR count). The number of fused-ring (bicyclic) bond motifs is 2. The third kappa shape index (κ3) is 2.62. The van der Waals surface area contributed by atoms with Gasteiger partial charge in [-0.15, -0.1) is 0 Å². The first-order valence-corrected chi connectivity index (χ1v) is 7.51.